The van der Waals surface area contributed by atoms with E-state index in [2.05, 4.69) is 5.16 Å². The van der Waals surface area contributed by atoms with Gasteiger partial charge in [0, 0.05) is 11.8 Å². The third kappa shape index (κ3) is 2.34. The Balaban J connectivity index is 2.77. The van der Waals surface area contributed by atoms with Gasteiger partial charge in [0.2, 0.25) is 0 Å². The van der Waals surface area contributed by atoms with E-state index in [0.717, 1.165) is 0 Å². The van der Waals surface area contributed by atoms with Gasteiger partial charge in [0.1, 0.15) is 5.76 Å². The lowest BCUT2D eigenvalue weighted by Crippen LogP contribution is -2.06. The molecule has 1 heterocycles. The van der Waals surface area contributed by atoms with E-state index in [4.69, 9.17) is 4.52 Å². The molecule has 0 saturated carbocycles. The minimum Gasteiger partial charge on any atom is -0.361 e. The van der Waals surface area contributed by atoms with Crippen LogP contribution in [0.15, 0.2) is 10.6 Å². The van der Waals surface area contributed by atoms with Crippen LogP contribution in [0.3, 0.4) is 0 Å². The SMILES string of the molecule is CCS(=O)(=O)Cc1cc(C)on1. The predicted molar refractivity (Wildman–Crippen MR) is 44.4 cm³/mol. The Bertz CT molecular complexity index is 352. The molecule has 0 aliphatic rings. The van der Waals surface area contributed by atoms with Crippen LogP contribution in [0.5, 0.6) is 0 Å². The number of aromatic nitrogens is 1. The summed E-state index contributed by atoms with van der Waals surface area (Å²) in [6, 6.07) is 1.63. The molecule has 0 fully saturated rings. The molecular formula is C7H11NO3S. The quantitative estimate of drug-likeness (QED) is 0.709. The normalized spacial score (nSPS) is 11.8. The fraction of sp³-hybridized carbons (Fsp3) is 0.571. The van der Waals surface area contributed by atoms with E-state index in [1.807, 2.05) is 0 Å². The molecule has 0 bridgehead atoms. The summed E-state index contributed by atoms with van der Waals surface area (Å²) in [5.74, 6) is 0.746. The summed E-state index contributed by atoms with van der Waals surface area (Å²) in [5.41, 5.74) is 0.481. The van der Waals surface area contributed by atoms with Crippen LogP contribution < -0.4 is 0 Å². The van der Waals surface area contributed by atoms with E-state index < -0.39 is 9.84 Å². The summed E-state index contributed by atoms with van der Waals surface area (Å²) in [6.07, 6.45) is 0. The van der Waals surface area contributed by atoms with Gasteiger partial charge in [-0.25, -0.2) is 8.42 Å². The van der Waals surface area contributed by atoms with Crippen LogP contribution in [0.25, 0.3) is 0 Å². The number of hydrogen-bond acceptors (Lipinski definition) is 4. The molecule has 12 heavy (non-hydrogen) atoms. The molecule has 0 radical (unpaired) electrons. The van der Waals surface area contributed by atoms with Gasteiger partial charge < -0.3 is 4.52 Å². The highest BCUT2D eigenvalue weighted by atomic mass is 32.2. The molecule has 0 spiro atoms. The van der Waals surface area contributed by atoms with Gasteiger partial charge in [-0.1, -0.05) is 12.1 Å². The van der Waals surface area contributed by atoms with Gasteiger partial charge in [-0.3, -0.25) is 0 Å². The molecule has 0 N–H and O–H groups in total. The summed E-state index contributed by atoms with van der Waals surface area (Å²) < 4.78 is 26.9. The molecule has 1 rings (SSSR count). The lowest BCUT2D eigenvalue weighted by Gasteiger charge is -1.94. The Kier molecular flexibility index (Phi) is 2.52. The minimum absolute atomic E-state index is 0.0269. The molecule has 1 aromatic heterocycles. The van der Waals surface area contributed by atoms with Gasteiger partial charge in [0.25, 0.3) is 0 Å². The fourth-order valence-corrected chi connectivity index (χ4v) is 1.60. The van der Waals surface area contributed by atoms with Crippen molar-refractivity contribution in [1.29, 1.82) is 0 Å². The Labute approximate surface area is 71.5 Å². The Morgan fingerprint density at radius 2 is 2.25 bits per heavy atom. The zero-order chi connectivity index (χ0) is 9.19. The number of rotatable bonds is 3. The van der Waals surface area contributed by atoms with E-state index in [1.165, 1.54) is 0 Å². The maximum absolute atomic E-state index is 11.1. The first kappa shape index (κ1) is 9.25. The summed E-state index contributed by atoms with van der Waals surface area (Å²) in [5, 5.41) is 3.59. The van der Waals surface area contributed by atoms with Crippen molar-refractivity contribution >= 4 is 9.84 Å². The average Bonchev–Trinajstić information content (AvgIpc) is 2.35. The van der Waals surface area contributed by atoms with Gasteiger partial charge in [-0.2, -0.15) is 0 Å². The van der Waals surface area contributed by atoms with Gasteiger partial charge in [0.05, 0.1) is 11.4 Å². The van der Waals surface area contributed by atoms with Crippen LogP contribution in [0.1, 0.15) is 18.4 Å². The third-order valence-corrected chi connectivity index (χ3v) is 3.10. The first-order valence-electron chi connectivity index (χ1n) is 3.66. The maximum Gasteiger partial charge on any atom is 0.155 e. The average molecular weight is 189 g/mol. The molecule has 4 nitrogen and oxygen atoms in total. The van der Waals surface area contributed by atoms with E-state index in [-0.39, 0.29) is 11.5 Å². The molecule has 0 aliphatic carbocycles. The first-order valence-corrected chi connectivity index (χ1v) is 5.48. The smallest absolute Gasteiger partial charge is 0.155 e. The molecule has 5 heteroatoms. The van der Waals surface area contributed by atoms with Crippen molar-refractivity contribution in [2.75, 3.05) is 5.75 Å². The molecule has 0 atom stereocenters. The second-order valence-electron chi connectivity index (χ2n) is 2.61. The van der Waals surface area contributed by atoms with Gasteiger partial charge in [-0.15, -0.1) is 0 Å². The third-order valence-electron chi connectivity index (χ3n) is 1.48. The van der Waals surface area contributed by atoms with Crippen molar-refractivity contribution in [3.8, 4) is 0 Å². The molecule has 0 amide bonds. The monoisotopic (exact) mass is 189 g/mol. The molecule has 0 unspecified atom stereocenters. The van der Waals surface area contributed by atoms with Crippen molar-refractivity contribution in [2.45, 2.75) is 19.6 Å². The van der Waals surface area contributed by atoms with E-state index in [1.54, 1.807) is 19.9 Å². The minimum atomic E-state index is -2.98. The predicted octanol–water partition coefficient (Wildman–Crippen LogP) is 0.918. The zero-order valence-electron chi connectivity index (χ0n) is 7.07. The number of hydrogen-bond donors (Lipinski definition) is 0. The van der Waals surface area contributed by atoms with Crippen molar-refractivity contribution in [3.63, 3.8) is 0 Å². The zero-order valence-corrected chi connectivity index (χ0v) is 7.89. The van der Waals surface area contributed by atoms with E-state index >= 15 is 0 Å². The Hall–Kier alpha value is -0.840. The number of sulfone groups is 1. The Morgan fingerprint density at radius 3 is 2.67 bits per heavy atom. The number of nitrogens with zero attached hydrogens (tertiary/aromatic N) is 1. The van der Waals surface area contributed by atoms with Crippen LogP contribution in [0.4, 0.5) is 0 Å². The second kappa shape index (κ2) is 3.26. The lowest BCUT2D eigenvalue weighted by atomic mass is 10.4. The molecule has 0 saturated heterocycles. The fourth-order valence-electron chi connectivity index (χ4n) is 0.813. The van der Waals surface area contributed by atoms with Crippen molar-refractivity contribution in [1.82, 2.24) is 5.16 Å². The molecule has 0 aromatic carbocycles. The molecule has 1 aromatic rings. The topological polar surface area (TPSA) is 60.2 Å². The highest BCUT2D eigenvalue weighted by molar-refractivity contribution is 7.90. The van der Waals surface area contributed by atoms with Gasteiger partial charge in [-0.05, 0) is 6.92 Å². The van der Waals surface area contributed by atoms with Crippen LogP contribution >= 0.6 is 0 Å². The highest BCUT2D eigenvalue weighted by Gasteiger charge is 2.11. The summed E-state index contributed by atoms with van der Waals surface area (Å²) in [6.45, 7) is 3.34. The lowest BCUT2D eigenvalue weighted by molar-refractivity contribution is 0.392. The summed E-state index contributed by atoms with van der Waals surface area (Å²) in [4.78, 5) is 0. The maximum atomic E-state index is 11.1. The van der Waals surface area contributed by atoms with E-state index in [0.29, 0.717) is 11.5 Å². The Morgan fingerprint density at radius 1 is 1.58 bits per heavy atom. The second-order valence-corrected chi connectivity index (χ2v) is 4.96. The van der Waals surface area contributed by atoms with Crippen LogP contribution in [-0.2, 0) is 15.6 Å². The van der Waals surface area contributed by atoms with E-state index in [9.17, 15) is 8.42 Å². The van der Waals surface area contributed by atoms with Crippen molar-refractivity contribution in [2.24, 2.45) is 0 Å². The molecule has 0 aliphatic heterocycles. The highest BCUT2D eigenvalue weighted by Crippen LogP contribution is 2.06. The largest absolute Gasteiger partial charge is 0.361 e. The van der Waals surface area contributed by atoms with Crippen molar-refractivity contribution in [3.05, 3.63) is 17.5 Å². The first-order chi connectivity index (χ1) is 5.53. The molecule has 68 valence electrons. The van der Waals surface area contributed by atoms with Crippen molar-refractivity contribution < 1.29 is 12.9 Å². The standard InChI is InChI=1S/C7H11NO3S/c1-3-12(9,10)5-7-4-6(2)11-8-7/h4H,3,5H2,1-2H3. The van der Waals surface area contributed by atoms with Crippen LogP contribution in [0, 0.1) is 6.92 Å². The van der Waals surface area contributed by atoms with Crippen LogP contribution in [0.2, 0.25) is 0 Å². The van der Waals surface area contributed by atoms with Gasteiger partial charge in [0.15, 0.2) is 9.84 Å². The van der Waals surface area contributed by atoms with Gasteiger partial charge >= 0.3 is 0 Å². The molecular weight excluding hydrogens is 178 g/mol. The van der Waals surface area contributed by atoms with Crippen LogP contribution in [-0.4, -0.2) is 19.3 Å². The summed E-state index contributed by atoms with van der Waals surface area (Å²) >= 11 is 0. The number of aryl methyl sites for hydroxylation is 1. The summed E-state index contributed by atoms with van der Waals surface area (Å²) in [7, 11) is -2.98.